The molecule has 11 heteroatoms. The van der Waals surface area contributed by atoms with Crippen LogP contribution in [0, 0.1) is 11.8 Å². The summed E-state index contributed by atoms with van der Waals surface area (Å²) in [7, 11) is 0. The van der Waals surface area contributed by atoms with Crippen molar-refractivity contribution in [2.75, 3.05) is 26.3 Å². The van der Waals surface area contributed by atoms with E-state index in [0.717, 1.165) is 11.0 Å². The average molecular weight is 510 g/mol. The number of esters is 1. The molecule has 36 heavy (non-hydrogen) atoms. The third kappa shape index (κ3) is 3.25. The van der Waals surface area contributed by atoms with Gasteiger partial charge in [-0.1, -0.05) is 35.6 Å². The number of para-hydroxylation sites is 1. The van der Waals surface area contributed by atoms with Crippen molar-refractivity contribution in [1.29, 1.82) is 0 Å². The number of aromatic nitrogens is 3. The number of amides is 2. The number of hydrogen-bond donors (Lipinski definition) is 1. The number of thioether (sulfide) groups is 1. The topological polar surface area (TPSA) is 118 Å². The van der Waals surface area contributed by atoms with E-state index in [1.807, 2.05) is 55.5 Å². The van der Waals surface area contributed by atoms with Crippen LogP contribution in [0.4, 0.5) is 0 Å². The Hall–Kier alpha value is -3.18. The van der Waals surface area contributed by atoms with Gasteiger partial charge in [-0.2, -0.15) is 0 Å². The van der Waals surface area contributed by atoms with E-state index in [9.17, 15) is 19.5 Å². The Labute approximate surface area is 211 Å². The van der Waals surface area contributed by atoms with E-state index < -0.39 is 33.3 Å². The van der Waals surface area contributed by atoms with Crippen LogP contribution in [0.5, 0.6) is 0 Å². The molecule has 2 amide bonds. The molecule has 5 atom stereocenters. The van der Waals surface area contributed by atoms with Crippen LogP contribution in [0.1, 0.15) is 13.3 Å². The minimum absolute atomic E-state index is 0.105. The van der Waals surface area contributed by atoms with Crippen LogP contribution in [0.25, 0.3) is 11.0 Å². The number of aliphatic hydroxyl groups excluding tert-OH is 1. The first-order valence-corrected chi connectivity index (χ1v) is 12.9. The van der Waals surface area contributed by atoms with Crippen molar-refractivity contribution in [3.63, 3.8) is 0 Å². The number of benzene rings is 1. The highest BCUT2D eigenvalue weighted by Gasteiger charge is 2.73. The molecule has 0 saturated carbocycles. The second kappa shape index (κ2) is 8.45. The molecular weight excluding hydrogens is 482 g/mol. The monoisotopic (exact) mass is 509 g/mol. The molecule has 1 aromatic carbocycles. The molecule has 188 valence electrons. The molecule has 0 bridgehead atoms. The van der Waals surface area contributed by atoms with Crippen LogP contribution in [0.15, 0.2) is 48.6 Å². The lowest BCUT2D eigenvalue weighted by Crippen LogP contribution is -2.53. The van der Waals surface area contributed by atoms with Crippen LogP contribution in [0.3, 0.4) is 0 Å². The first-order valence-electron chi connectivity index (χ1n) is 12.1. The molecule has 10 nitrogen and oxygen atoms in total. The highest BCUT2D eigenvalue weighted by molar-refractivity contribution is 8.02. The second-order valence-corrected chi connectivity index (χ2v) is 11.6. The van der Waals surface area contributed by atoms with E-state index >= 15 is 0 Å². The van der Waals surface area contributed by atoms with Crippen LogP contribution in [-0.4, -0.2) is 89.5 Å². The summed E-state index contributed by atoms with van der Waals surface area (Å²) in [5.41, 5.74) is 1.54. The van der Waals surface area contributed by atoms with Gasteiger partial charge in [0.05, 0.1) is 22.1 Å². The van der Waals surface area contributed by atoms with Gasteiger partial charge >= 0.3 is 5.97 Å². The zero-order chi connectivity index (χ0) is 25.1. The Morgan fingerprint density at radius 1 is 1.14 bits per heavy atom. The van der Waals surface area contributed by atoms with Gasteiger partial charge in [-0.15, -0.1) is 16.9 Å². The second-order valence-electron chi connectivity index (χ2n) is 9.82. The molecule has 1 N–H and O–H groups in total. The zero-order valence-electron chi connectivity index (χ0n) is 19.8. The molecule has 4 aliphatic rings. The van der Waals surface area contributed by atoms with Crippen LogP contribution in [-0.2, 0) is 25.8 Å². The van der Waals surface area contributed by atoms with Crippen molar-refractivity contribution < 1.29 is 24.2 Å². The predicted molar refractivity (Wildman–Crippen MR) is 131 cm³/mol. The molecule has 2 saturated heterocycles. The number of aliphatic hydroxyl groups is 1. The smallest absolute Gasteiger partial charge is 0.311 e. The largest absolute Gasteiger partial charge is 0.461 e. The third-order valence-corrected chi connectivity index (χ3v) is 9.47. The van der Waals surface area contributed by atoms with Gasteiger partial charge in [0, 0.05) is 24.4 Å². The predicted octanol–water partition coefficient (Wildman–Crippen LogP) is 0.970. The van der Waals surface area contributed by atoms with Gasteiger partial charge in [-0.25, -0.2) is 4.68 Å². The molecule has 0 radical (unpaired) electrons. The molecule has 1 unspecified atom stereocenters. The van der Waals surface area contributed by atoms with E-state index in [0.29, 0.717) is 13.0 Å². The highest BCUT2D eigenvalue weighted by Crippen LogP contribution is 2.65. The Bertz CT molecular complexity index is 1310. The van der Waals surface area contributed by atoms with Gasteiger partial charge in [0.1, 0.15) is 24.8 Å². The number of hydrogen-bond acceptors (Lipinski definition) is 8. The highest BCUT2D eigenvalue weighted by atomic mass is 32.2. The van der Waals surface area contributed by atoms with Gasteiger partial charge in [-0.05, 0) is 31.6 Å². The average Bonchev–Trinajstić information content (AvgIpc) is 3.38. The summed E-state index contributed by atoms with van der Waals surface area (Å²) >= 11 is 1.50. The molecule has 0 aliphatic carbocycles. The van der Waals surface area contributed by atoms with E-state index in [1.54, 1.807) is 14.5 Å². The molecule has 2 fully saturated rings. The number of carbonyl (C=O) groups excluding carboxylic acids is 3. The van der Waals surface area contributed by atoms with Crippen molar-refractivity contribution in [3.8, 4) is 0 Å². The first kappa shape index (κ1) is 23.2. The van der Waals surface area contributed by atoms with E-state index in [1.165, 1.54) is 11.8 Å². The van der Waals surface area contributed by atoms with Crippen LogP contribution >= 0.6 is 11.8 Å². The summed E-state index contributed by atoms with van der Waals surface area (Å²) in [6.07, 6.45) is 7.99. The number of rotatable bonds is 5. The Kier molecular flexibility index (Phi) is 5.45. The van der Waals surface area contributed by atoms with Gasteiger partial charge < -0.3 is 19.6 Å². The van der Waals surface area contributed by atoms with Crippen molar-refractivity contribution in [1.82, 2.24) is 24.8 Å². The maximum atomic E-state index is 14.2. The fraction of sp³-hybridized carbons (Fsp3) is 0.480. The van der Waals surface area contributed by atoms with Crippen LogP contribution < -0.4 is 0 Å². The summed E-state index contributed by atoms with van der Waals surface area (Å²) in [5.74, 6) is -2.31. The standard InChI is InChI=1S/C25H27N5O5S/c1-24-9-5-14-35-23(34)19(24)18-21(32)29(12-6-13-31)20-22(33)28(11-4-10-25(18,20)36-24)15-30-17-8-3-2-7-16(17)26-27-30/h2-5,7-10,18-20,31H,6,11-15H2,1H3/t18-,19-,20?,24+,25-/m0/s1. The van der Waals surface area contributed by atoms with E-state index in [-0.39, 0.29) is 38.2 Å². The fourth-order valence-electron chi connectivity index (χ4n) is 6.19. The summed E-state index contributed by atoms with van der Waals surface area (Å²) in [4.78, 5) is 44.5. The number of ether oxygens (including phenoxy) is 1. The van der Waals surface area contributed by atoms with Gasteiger partial charge in [0.15, 0.2) is 0 Å². The van der Waals surface area contributed by atoms with Crippen molar-refractivity contribution >= 4 is 40.6 Å². The maximum Gasteiger partial charge on any atom is 0.311 e. The fourth-order valence-corrected chi connectivity index (χ4v) is 8.35. The number of nitrogens with zero attached hydrogens (tertiary/aromatic N) is 5. The lowest BCUT2D eigenvalue weighted by Gasteiger charge is -2.36. The molecule has 2 aromatic rings. The SMILES string of the molecule is C[C@@]12C=CCOC(=O)[C@@H]1[C@H]1C(=O)N(CCCO)C3C(=O)N(Cn4nnc5ccccc54)CC=C[C@@]31S2. The first-order chi connectivity index (χ1) is 17.4. The number of fused-ring (bicyclic) bond motifs is 3. The lowest BCUT2D eigenvalue weighted by atomic mass is 9.75. The van der Waals surface area contributed by atoms with Crippen LogP contribution in [0.2, 0.25) is 0 Å². The number of cyclic esters (lactones) is 1. The summed E-state index contributed by atoms with van der Waals surface area (Å²) in [5, 5.41) is 17.9. The van der Waals surface area contributed by atoms with Crippen molar-refractivity contribution in [2.24, 2.45) is 11.8 Å². The maximum absolute atomic E-state index is 14.2. The van der Waals surface area contributed by atoms with Crippen molar-refractivity contribution in [2.45, 2.75) is 35.5 Å². The minimum atomic E-state index is -0.928. The lowest BCUT2D eigenvalue weighted by molar-refractivity contribution is -0.152. The van der Waals surface area contributed by atoms with Gasteiger partial charge in [0.25, 0.3) is 0 Å². The number of likely N-dealkylation sites (tertiary alicyclic amines) is 1. The quantitative estimate of drug-likeness (QED) is 0.468. The summed E-state index contributed by atoms with van der Waals surface area (Å²) in [6, 6.07) is 6.72. The van der Waals surface area contributed by atoms with Gasteiger partial charge in [0.2, 0.25) is 11.8 Å². The normalized spacial score (nSPS) is 33.4. The molecule has 4 aliphatic heterocycles. The summed E-state index contributed by atoms with van der Waals surface area (Å²) in [6.45, 7) is 2.76. The minimum Gasteiger partial charge on any atom is -0.461 e. The molecule has 1 spiro atoms. The summed E-state index contributed by atoms with van der Waals surface area (Å²) < 4.78 is 5.50. The molecule has 1 aromatic heterocycles. The van der Waals surface area contributed by atoms with E-state index in [4.69, 9.17) is 4.74 Å². The molecule has 5 heterocycles. The van der Waals surface area contributed by atoms with E-state index in [2.05, 4.69) is 10.3 Å². The zero-order valence-corrected chi connectivity index (χ0v) is 20.6. The molecular formula is C25H27N5O5S. The van der Waals surface area contributed by atoms with Crippen molar-refractivity contribution in [3.05, 3.63) is 48.6 Å². The molecule has 6 rings (SSSR count). The Morgan fingerprint density at radius 3 is 2.81 bits per heavy atom. The van der Waals surface area contributed by atoms with Gasteiger partial charge in [-0.3, -0.25) is 14.4 Å². The Morgan fingerprint density at radius 2 is 1.97 bits per heavy atom. The Balaban J connectivity index is 1.42. The third-order valence-electron chi connectivity index (χ3n) is 7.68. The number of carbonyl (C=O) groups is 3.